The number of rotatable bonds is 4. The maximum atomic E-state index is 12.0. The number of carbonyl (C=O) groups is 1. The Morgan fingerprint density at radius 1 is 1.42 bits per heavy atom. The maximum absolute atomic E-state index is 12.0. The average molecular weight is 273 g/mol. The molecule has 1 atom stereocenters. The summed E-state index contributed by atoms with van der Waals surface area (Å²) in [5.41, 5.74) is 1.75. The Morgan fingerprint density at radius 3 is 2.63 bits per heavy atom. The molecule has 2 N–H and O–H groups in total. The van der Waals surface area contributed by atoms with Crippen molar-refractivity contribution in [3.63, 3.8) is 0 Å². The lowest BCUT2D eigenvalue weighted by molar-refractivity contribution is -0.201. The number of nitrogens with one attached hydrogen (secondary N) is 1. The Hall–Kier alpha value is -1.82. The fourth-order valence-corrected chi connectivity index (χ4v) is 1.31. The molecule has 1 aromatic carbocycles. The number of aryl methyl sites for hydroxylation is 1. The molecular weight excluding hydrogens is 259 g/mol. The van der Waals surface area contributed by atoms with Crippen LogP contribution >= 0.6 is 0 Å². The summed E-state index contributed by atoms with van der Waals surface area (Å²) in [4.78, 5) is 11.3. The molecule has 0 aliphatic carbocycles. The molecule has 6 heteroatoms. The fourth-order valence-electron chi connectivity index (χ4n) is 1.31. The first-order valence-electron chi connectivity index (χ1n) is 5.57. The predicted octanol–water partition coefficient (Wildman–Crippen LogP) is 2.05. The summed E-state index contributed by atoms with van der Waals surface area (Å²) < 4.78 is 36.0. The largest absolute Gasteiger partial charge is 0.416 e. The quantitative estimate of drug-likeness (QED) is 0.825. The molecule has 0 radical (unpaired) electrons. The second-order valence-corrected chi connectivity index (χ2v) is 3.99. The average Bonchev–Trinajstić information content (AvgIpc) is 2.33. The second-order valence-electron chi connectivity index (χ2n) is 3.99. The van der Waals surface area contributed by atoms with Gasteiger partial charge in [-0.1, -0.05) is 24.3 Å². The lowest BCUT2D eigenvalue weighted by atomic mass is 10.1. The zero-order valence-electron chi connectivity index (χ0n) is 10.2. The zero-order valence-corrected chi connectivity index (χ0v) is 10.2. The van der Waals surface area contributed by atoms with E-state index in [9.17, 15) is 18.0 Å². The van der Waals surface area contributed by atoms with Crippen LogP contribution in [0, 0.1) is 6.92 Å². The summed E-state index contributed by atoms with van der Waals surface area (Å²) in [5, 5.41) is 10.7. The maximum Gasteiger partial charge on any atom is 0.416 e. The summed E-state index contributed by atoms with van der Waals surface area (Å²) in [6, 6.07) is 7.26. The van der Waals surface area contributed by atoms with E-state index >= 15 is 0 Å². The third-order valence-electron chi connectivity index (χ3n) is 2.45. The Balaban J connectivity index is 2.51. The topological polar surface area (TPSA) is 49.3 Å². The molecule has 1 amide bonds. The van der Waals surface area contributed by atoms with E-state index in [2.05, 4.69) is 0 Å². The van der Waals surface area contributed by atoms with Crippen molar-refractivity contribution in [2.45, 2.75) is 19.2 Å². The molecule has 0 aromatic heterocycles. The third kappa shape index (κ3) is 5.13. The minimum Gasteiger partial charge on any atom is -0.382 e. The summed E-state index contributed by atoms with van der Waals surface area (Å²) >= 11 is 0. The van der Waals surface area contributed by atoms with Crippen LogP contribution in [0.4, 0.5) is 13.2 Å². The van der Waals surface area contributed by atoms with Crippen molar-refractivity contribution < 1.29 is 23.1 Å². The molecule has 3 nitrogen and oxygen atoms in total. The highest BCUT2D eigenvalue weighted by Crippen LogP contribution is 2.19. The molecule has 0 aliphatic heterocycles. The van der Waals surface area contributed by atoms with Crippen molar-refractivity contribution >= 4 is 12.0 Å². The van der Waals surface area contributed by atoms with Crippen LogP contribution in [-0.4, -0.2) is 29.8 Å². The van der Waals surface area contributed by atoms with Gasteiger partial charge in [-0.2, -0.15) is 13.2 Å². The molecule has 0 spiro atoms. The first-order chi connectivity index (χ1) is 8.80. The zero-order chi connectivity index (χ0) is 14.5. The van der Waals surface area contributed by atoms with Crippen molar-refractivity contribution in [3.05, 3.63) is 41.5 Å². The van der Waals surface area contributed by atoms with Crippen molar-refractivity contribution in [1.29, 1.82) is 0 Å². The van der Waals surface area contributed by atoms with Gasteiger partial charge in [0.05, 0.1) is 6.54 Å². The van der Waals surface area contributed by atoms with Crippen LogP contribution in [0.2, 0.25) is 0 Å². The number of halogens is 3. The van der Waals surface area contributed by atoms with Crippen molar-refractivity contribution in [1.82, 2.24) is 5.32 Å². The minimum absolute atomic E-state index is 0.688. The Kier molecular flexibility index (Phi) is 5.11. The van der Waals surface area contributed by atoms with E-state index < -0.39 is 24.7 Å². The van der Waals surface area contributed by atoms with E-state index in [4.69, 9.17) is 5.11 Å². The first kappa shape index (κ1) is 15.2. The van der Waals surface area contributed by atoms with Gasteiger partial charge in [-0.25, -0.2) is 0 Å². The molecule has 19 heavy (non-hydrogen) atoms. The molecule has 0 bridgehead atoms. The van der Waals surface area contributed by atoms with E-state index in [1.54, 1.807) is 12.1 Å². The minimum atomic E-state index is -4.73. The number of carbonyl (C=O) groups excluding carboxylic acids is 1. The Labute approximate surface area is 108 Å². The smallest absolute Gasteiger partial charge is 0.382 e. The van der Waals surface area contributed by atoms with Crippen LogP contribution in [0.3, 0.4) is 0 Å². The second kappa shape index (κ2) is 6.38. The summed E-state index contributed by atoms with van der Waals surface area (Å²) in [5.74, 6) is -0.688. The number of alkyl halides is 3. The summed E-state index contributed by atoms with van der Waals surface area (Å²) in [6.45, 7) is 0.991. The molecule has 104 valence electrons. The number of aliphatic hydroxyl groups excluding tert-OH is 1. The highest BCUT2D eigenvalue weighted by Gasteiger charge is 2.37. The van der Waals surface area contributed by atoms with Crippen molar-refractivity contribution in [2.24, 2.45) is 0 Å². The first-order valence-corrected chi connectivity index (χ1v) is 5.57. The number of benzene rings is 1. The Bertz CT molecular complexity index is 469. The van der Waals surface area contributed by atoms with Gasteiger partial charge in [-0.15, -0.1) is 0 Å². The van der Waals surface area contributed by atoms with Crippen LogP contribution < -0.4 is 5.32 Å². The molecule has 0 heterocycles. The van der Waals surface area contributed by atoms with Gasteiger partial charge in [0, 0.05) is 6.08 Å². The van der Waals surface area contributed by atoms with E-state index in [1.807, 2.05) is 24.4 Å². The molecule has 0 saturated heterocycles. The van der Waals surface area contributed by atoms with Crippen LogP contribution in [0.15, 0.2) is 30.3 Å². The van der Waals surface area contributed by atoms with E-state index in [0.717, 1.165) is 17.2 Å². The molecule has 1 aromatic rings. The highest BCUT2D eigenvalue weighted by molar-refractivity contribution is 5.91. The molecule has 1 unspecified atom stereocenters. The number of hydrogen-bond acceptors (Lipinski definition) is 2. The van der Waals surface area contributed by atoms with Crippen LogP contribution in [0.1, 0.15) is 11.1 Å². The molecule has 0 saturated carbocycles. The summed E-state index contributed by atoms with van der Waals surface area (Å²) in [6.07, 6.45) is -4.65. The lowest BCUT2D eigenvalue weighted by Crippen LogP contribution is -2.40. The van der Waals surface area contributed by atoms with Crippen molar-refractivity contribution in [2.75, 3.05) is 6.54 Å². The van der Waals surface area contributed by atoms with Crippen LogP contribution in [0.25, 0.3) is 6.08 Å². The standard InChI is InChI=1S/C13H14F3NO2/c1-9-4-2-3-5-10(9)6-7-12(19)17-8-11(18)13(14,15)16/h2-7,11,18H,8H2,1H3,(H,17,19)/b7-6+. The van der Waals surface area contributed by atoms with E-state index in [0.29, 0.717) is 0 Å². The fraction of sp³-hybridized carbons (Fsp3) is 0.308. The molecule has 1 rings (SSSR count). The van der Waals surface area contributed by atoms with E-state index in [-0.39, 0.29) is 0 Å². The van der Waals surface area contributed by atoms with Gasteiger partial charge in [-0.05, 0) is 24.1 Å². The van der Waals surface area contributed by atoms with Gasteiger partial charge < -0.3 is 10.4 Å². The van der Waals surface area contributed by atoms with Gasteiger partial charge in [0.15, 0.2) is 6.10 Å². The van der Waals surface area contributed by atoms with Gasteiger partial charge in [-0.3, -0.25) is 4.79 Å². The highest BCUT2D eigenvalue weighted by atomic mass is 19.4. The lowest BCUT2D eigenvalue weighted by Gasteiger charge is -2.14. The third-order valence-corrected chi connectivity index (χ3v) is 2.45. The normalized spacial score (nSPS) is 13.5. The number of hydrogen-bond donors (Lipinski definition) is 2. The van der Waals surface area contributed by atoms with Crippen molar-refractivity contribution in [3.8, 4) is 0 Å². The molecule has 0 aliphatic rings. The van der Waals surface area contributed by atoms with Gasteiger partial charge in [0.2, 0.25) is 5.91 Å². The molecular formula is C13H14F3NO2. The van der Waals surface area contributed by atoms with Gasteiger partial charge in [0.25, 0.3) is 0 Å². The predicted molar refractivity (Wildman–Crippen MR) is 65.3 cm³/mol. The van der Waals surface area contributed by atoms with Gasteiger partial charge >= 0.3 is 6.18 Å². The SMILES string of the molecule is Cc1ccccc1/C=C/C(=O)NCC(O)C(F)(F)F. The molecule has 0 fully saturated rings. The van der Waals surface area contributed by atoms with E-state index in [1.165, 1.54) is 6.08 Å². The van der Waals surface area contributed by atoms with Gasteiger partial charge in [0.1, 0.15) is 0 Å². The van der Waals surface area contributed by atoms with Crippen LogP contribution in [0.5, 0.6) is 0 Å². The Morgan fingerprint density at radius 2 is 2.05 bits per heavy atom. The monoisotopic (exact) mass is 273 g/mol. The summed E-state index contributed by atoms with van der Waals surface area (Å²) in [7, 11) is 0. The van der Waals surface area contributed by atoms with Crippen LogP contribution in [-0.2, 0) is 4.79 Å². The number of aliphatic hydroxyl groups is 1. The number of amides is 1.